The second-order valence-corrected chi connectivity index (χ2v) is 16.0. The minimum atomic E-state index is -2.59. The average molecular weight is 858 g/mol. The number of aromatic nitrogens is 3. The molecule has 0 aliphatic carbocycles. The third-order valence-corrected chi connectivity index (χ3v) is 10.8. The molecule has 0 bridgehead atoms. The molecule has 0 saturated carbocycles. The second kappa shape index (κ2) is 19.7. The maximum absolute atomic E-state index is 15.4. The van der Waals surface area contributed by atoms with Crippen LogP contribution < -0.4 is 15.7 Å². The number of halogens is 6. The van der Waals surface area contributed by atoms with Gasteiger partial charge in [0.15, 0.2) is 0 Å². The first-order valence-electron chi connectivity index (χ1n) is 20.5. The van der Waals surface area contributed by atoms with Crippen LogP contribution in [0.1, 0.15) is 77.5 Å². The third kappa shape index (κ3) is 10.4. The molecule has 1 N–H and O–H groups in total. The Morgan fingerprint density at radius 3 is 1.95 bits per heavy atom. The highest BCUT2D eigenvalue weighted by Gasteiger charge is 2.51. The quantitative estimate of drug-likeness (QED) is 0.120. The lowest BCUT2D eigenvalue weighted by Gasteiger charge is -2.32. The smallest absolute Gasteiger partial charge is 0.399 e. The number of nitrogens with one attached hydrogen (secondary N) is 1. The number of hydrogen-bond acceptors (Lipinski definition) is 8. The highest BCUT2D eigenvalue weighted by Crippen LogP contribution is 2.40. The van der Waals surface area contributed by atoms with Crippen LogP contribution in [0.2, 0.25) is 0 Å². The molecule has 2 fully saturated rings. The summed E-state index contributed by atoms with van der Waals surface area (Å²) in [7, 11) is -0.498. The maximum Gasteiger partial charge on any atom is 0.494 e. The molecule has 0 atom stereocenters. The Balaban J connectivity index is 0.000000254. The summed E-state index contributed by atoms with van der Waals surface area (Å²) in [5, 5.41) is 3.51. The standard InChI is InChI=1S/C31H25F4N5O.C13H17BF2O2.C3H8/c1-18-29(24-4-2-3-9-36-24)39-26-15-21(32)14-23(33)28(26)30(18)38-25-16-27(40-10-12-41-13-11-40)37-17-22(25)19-5-7-20(8-6-19)31(34)35;1-12(2)13(3,4)18-14(17-12)10-7-5-9(6-8-10)11(15)16;1-3-2/h2-9,14-17,31H,10-13H2,1H3,(H,37,38,39);5-8,11H,1-4H3;3H2,1-2H3. The molecule has 3 aromatic carbocycles. The lowest BCUT2D eigenvalue weighted by atomic mass is 9.79. The Morgan fingerprint density at radius 1 is 0.790 bits per heavy atom. The van der Waals surface area contributed by atoms with Gasteiger partial charge in [-0.2, -0.15) is 0 Å². The molecule has 8 nitrogen and oxygen atoms in total. The molecule has 2 aliphatic rings. The van der Waals surface area contributed by atoms with Crippen LogP contribution in [0.3, 0.4) is 0 Å². The number of rotatable bonds is 8. The van der Waals surface area contributed by atoms with Crippen molar-refractivity contribution < 1.29 is 40.4 Å². The van der Waals surface area contributed by atoms with E-state index in [1.807, 2.05) is 39.8 Å². The zero-order chi connectivity index (χ0) is 44.8. The van der Waals surface area contributed by atoms with Crippen molar-refractivity contribution in [2.45, 2.75) is 78.9 Å². The van der Waals surface area contributed by atoms with Crippen molar-refractivity contribution in [2.75, 3.05) is 36.5 Å². The van der Waals surface area contributed by atoms with Crippen LogP contribution in [-0.4, -0.2) is 59.6 Å². The van der Waals surface area contributed by atoms with Crippen molar-refractivity contribution in [2.24, 2.45) is 0 Å². The van der Waals surface area contributed by atoms with Crippen molar-refractivity contribution in [3.63, 3.8) is 0 Å². The molecule has 326 valence electrons. The predicted octanol–water partition coefficient (Wildman–Crippen LogP) is 11.8. The van der Waals surface area contributed by atoms with Gasteiger partial charge in [0.1, 0.15) is 17.5 Å². The first kappa shape index (κ1) is 46.0. The van der Waals surface area contributed by atoms with E-state index in [0.29, 0.717) is 71.6 Å². The Morgan fingerprint density at radius 2 is 1.39 bits per heavy atom. The summed E-state index contributed by atoms with van der Waals surface area (Å²) in [5.41, 5.74) is 3.80. The number of ether oxygens (including phenoxy) is 1. The predicted molar refractivity (Wildman–Crippen MR) is 234 cm³/mol. The summed E-state index contributed by atoms with van der Waals surface area (Å²) < 4.78 is 98.3. The van der Waals surface area contributed by atoms with Crippen molar-refractivity contribution in [1.29, 1.82) is 0 Å². The minimum Gasteiger partial charge on any atom is -0.399 e. The first-order chi connectivity index (χ1) is 29.5. The van der Waals surface area contributed by atoms with Crippen molar-refractivity contribution in [1.82, 2.24) is 15.0 Å². The third-order valence-electron chi connectivity index (χ3n) is 10.8. The van der Waals surface area contributed by atoms with E-state index in [1.165, 1.54) is 36.8 Å². The molecule has 62 heavy (non-hydrogen) atoms. The second-order valence-electron chi connectivity index (χ2n) is 16.0. The Hall–Kier alpha value is -5.51. The van der Waals surface area contributed by atoms with Gasteiger partial charge in [-0.3, -0.25) is 4.98 Å². The zero-order valence-electron chi connectivity index (χ0n) is 35.8. The highest BCUT2D eigenvalue weighted by atomic mass is 19.3. The van der Waals surface area contributed by atoms with E-state index in [1.54, 1.807) is 55.7 Å². The van der Waals surface area contributed by atoms with E-state index >= 15 is 4.39 Å². The highest BCUT2D eigenvalue weighted by molar-refractivity contribution is 6.62. The zero-order valence-corrected chi connectivity index (χ0v) is 35.8. The SMILES string of the molecule is CC1(C)OB(c2ccc(C(F)F)cc2)OC1(C)C.CCC.Cc1c(-c2ccccn2)nc2cc(F)cc(F)c2c1Nc1cc(N2CCOCC2)ncc1-c1ccc(C(F)F)cc1. The minimum absolute atomic E-state index is 0.00951. The number of fused-ring (bicyclic) bond motifs is 1. The van der Waals surface area contributed by atoms with E-state index < -0.39 is 42.8 Å². The monoisotopic (exact) mass is 857 g/mol. The van der Waals surface area contributed by atoms with Gasteiger partial charge in [0.2, 0.25) is 0 Å². The van der Waals surface area contributed by atoms with Crippen LogP contribution in [0.4, 0.5) is 43.5 Å². The lowest BCUT2D eigenvalue weighted by Crippen LogP contribution is -2.41. The molecule has 2 saturated heterocycles. The number of morpholine rings is 1. The fraction of sp³-hybridized carbons (Fsp3) is 0.340. The normalized spacial score (nSPS) is 15.6. The summed E-state index contributed by atoms with van der Waals surface area (Å²) in [6.07, 6.45) is -0.502. The van der Waals surface area contributed by atoms with E-state index in [-0.39, 0.29) is 22.0 Å². The van der Waals surface area contributed by atoms with Crippen LogP contribution in [0.25, 0.3) is 33.4 Å². The topological polar surface area (TPSA) is 81.6 Å². The van der Waals surface area contributed by atoms with Crippen molar-refractivity contribution in [3.05, 3.63) is 126 Å². The molecule has 0 unspecified atom stereocenters. The molecular weight excluding hydrogens is 807 g/mol. The summed E-state index contributed by atoms with van der Waals surface area (Å²) >= 11 is 0. The van der Waals surface area contributed by atoms with Gasteiger partial charge in [-0.05, 0) is 57.8 Å². The fourth-order valence-electron chi connectivity index (χ4n) is 6.78. The van der Waals surface area contributed by atoms with Gasteiger partial charge in [0.25, 0.3) is 12.9 Å². The van der Waals surface area contributed by atoms with Gasteiger partial charge in [0, 0.05) is 65.9 Å². The van der Waals surface area contributed by atoms with Crippen LogP contribution >= 0.6 is 0 Å². The molecule has 3 aromatic heterocycles. The molecule has 8 rings (SSSR count). The fourth-order valence-corrected chi connectivity index (χ4v) is 6.78. The number of nitrogens with zero attached hydrogens (tertiary/aromatic N) is 4. The molecule has 6 aromatic rings. The summed E-state index contributed by atoms with van der Waals surface area (Å²) in [4.78, 5) is 15.7. The molecule has 2 aliphatic heterocycles. The van der Waals surface area contributed by atoms with Crippen LogP contribution in [0.15, 0.2) is 97.3 Å². The first-order valence-corrected chi connectivity index (χ1v) is 20.5. The van der Waals surface area contributed by atoms with Gasteiger partial charge in [-0.15, -0.1) is 0 Å². The number of benzene rings is 3. The van der Waals surface area contributed by atoms with E-state index in [2.05, 4.69) is 39.0 Å². The van der Waals surface area contributed by atoms with Gasteiger partial charge < -0.3 is 24.3 Å². The number of anilines is 3. The lowest BCUT2D eigenvalue weighted by molar-refractivity contribution is 0.00578. The van der Waals surface area contributed by atoms with Crippen LogP contribution in [-0.2, 0) is 14.0 Å². The number of pyridine rings is 3. The van der Waals surface area contributed by atoms with Crippen molar-refractivity contribution >= 4 is 40.7 Å². The van der Waals surface area contributed by atoms with Crippen LogP contribution in [0.5, 0.6) is 0 Å². The molecule has 15 heteroatoms. The molecule has 0 radical (unpaired) electrons. The largest absolute Gasteiger partial charge is 0.494 e. The Labute approximate surface area is 358 Å². The maximum atomic E-state index is 15.4. The van der Waals surface area contributed by atoms with Crippen molar-refractivity contribution in [3.8, 4) is 22.5 Å². The summed E-state index contributed by atoms with van der Waals surface area (Å²) in [5.74, 6) is -0.838. The number of alkyl halides is 4. The average Bonchev–Trinajstić information content (AvgIpc) is 3.48. The summed E-state index contributed by atoms with van der Waals surface area (Å²) in [6, 6.07) is 21.2. The molecule has 0 spiro atoms. The van der Waals surface area contributed by atoms with Gasteiger partial charge in [-0.25, -0.2) is 36.3 Å². The molecular formula is C47H50BF6N5O3. The van der Waals surface area contributed by atoms with Gasteiger partial charge in [-0.1, -0.05) is 74.9 Å². The van der Waals surface area contributed by atoms with Gasteiger partial charge >= 0.3 is 7.12 Å². The Kier molecular flexibility index (Phi) is 14.6. The summed E-state index contributed by atoms with van der Waals surface area (Å²) in [6.45, 7) is 16.3. The molecule has 5 heterocycles. The van der Waals surface area contributed by atoms with E-state index in [4.69, 9.17) is 14.0 Å². The van der Waals surface area contributed by atoms with E-state index in [9.17, 15) is 22.0 Å². The Bertz CT molecular complexity index is 2420. The number of hydrogen-bond donors (Lipinski definition) is 1. The van der Waals surface area contributed by atoms with Gasteiger partial charge in [0.05, 0.1) is 58.1 Å². The molecule has 0 amide bonds. The van der Waals surface area contributed by atoms with E-state index in [0.717, 1.165) is 11.5 Å². The van der Waals surface area contributed by atoms with Crippen LogP contribution in [0, 0.1) is 18.6 Å².